The molecule has 1 amide bonds. The minimum atomic E-state index is -0.0681. The second-order valence-corrected chi connectivity index (χ2v) is 5.49. The van der Waals surface area contributed by atoms with Crippen LogP contribution >= 0.6 is 15.9 Å². The zero-order valence-corrected chi connectivity index (χ0v) is 13.0. The number of aryl methyl sites for hydroxylation is 1. The molecule has 0 aliphatic carbocycles. The van der Waals surface area contributed by atoms with E-state index >= 15 is 0 Å². The summed E-state index contributed by atoms with van der Waals surface area (Å²) >= 11 is 3.40. The van der Waals surface area contributed by atoms with Crippen LogP contribution in [0.1, 0.15) is 18.1 Å². The predicted molar refractivity (Wildman–Crippen MR) is 84.7 cm³/mol. The zero-order valence-electron chi connectivity index (χ0n) is 11.4. The van der Waals surface area contributed by atoms with Crippen LogP contribution in [0.3, 0.4) is 0 Å². The highest BCUT2D eigenvalue weighted by Crippen LogP contribution is 2.21. The van der Waals surface area contributed by atoms with Gasteiger partial charge in [0.15, 0.2) is 0 Å². The largest absolute Gasteiger partial charge is 0.381 e. The molecule has 0 aliphatic heterocycles. The topological polar surface area (TPSA) is 54.0 Å². The van der Waals surface area contributed by atoms with Gasteiger partial charge in [-0.1, -0.05) is 6.07 Å². The Hall–Kier alpha value is -1.88. The summed E-state index contributed by atoms with van der Waals surface area (Å²) in [5, 5.41) is 6.14. The van der Waals surface area contributed by atoms with Crippen LogP contribution in [-0.4, -0.2) is 10.9 Å². The van der Waals surface area contributed by atoms with Crippen LogP contribution in [0.15, 0.2) is 41.1 Å². The van der Waals surface area contributed by atoms with Gasteiger partial charge in [0.1, 0.15) is 0 Å². The monoisotopic (exact) mass is 333 g/mol. The number of hydrogen-bond acceptors (Lipinski definition) is 3. The molecule has 20 heavy (non-hydrogen) atoms. The van der Waals surface area contributed by atoms with E-state index in [0.29, 0.717) is 6.54 Å². The Morgan fingerprint density at radius 3 is 2.80 bits per heavy atom. The van der Waals surface area contributed by atoms with E-state index in [1.807, 2.05) is 37.4 Å². The van der Waals surface area contributed by atoms with Crippen molar-refractivity contribution in [3.05, 3.63) is 52.3 Å². The molecule has 1 aromatic heterocycles. The number of halogens is 1. The fourth-order valence-electron chi connectivity index (χ4n) is 1.81. The summed E-state index contributed by atoms with van der Waals surface area (Å²) in [6.07, 6.45) is 3.57. The van der Waals surface area contributed by atoms with Gasteiger partial charge in [-0.2, -0.15) is 0 Å². The lowest BCUT2D eigenvalue weighted by atomic mass is 10.1. The van der Waals surface area contributed by atoms with E-state index in [0.717, 1.165) is 27.0 Å². The van der Waals surface area contributed by atoms with Gasteiger partial charge in [-0.3, -0.25) is 9.78 Å². The second kappa shape index (κ2) is 6.52. The van der Waals surface area contributed by atoms with Crippen molar-refractivity contribution in [1.29, 1.82) is 0 Å². The van der Waals surface area contributed by atoms with Gasteiger partial charge >= 0.3 is 0 Å². The van der Waals surface area contributed by atoms with E-state index in [1.165, 1.54) is 6.92 Å². The minimum absolute atomic E-state index is 0.0681. The fraction of sp³-hybridized carbons (Fsp3) is 0.200. The molecule has 0 aliphatic rings. The molecule has 0 atom stereocenters. The van der Waals surface area contributed by atoms with Gasteiger partial charge < -0.3 is 10.6 Å². The van der Waals surface area contributed by atoms with E-state index in [1.54, 1.807) is 6.20 Å². The molecule has 4 nitrogen and oxygen atoms in total. The molecule has 2 aromatic rings. The molecule has 0 spiro atoms. The maximum atomic E-state index is 11.1. The first-order chi connectivity index (χ1) is 9.54. The Kier molecular flexibility index (Phi) is 4.74. The first-order valence-corrected chi connectivity index (χ1v) is 7.05. The maximum Gasteiger partial charge on any atom is 0.221 e. The van der Waals surface area contributed by atoms with Crippen molar-refractivity contribution in [3.63, 3.8) is 0 Å². The summed E-state index contributed by atoms with van der Waals surface area (Å²) in [4.78, 5) is 15.3. The summed E-state index contributed by atoms with van der Waals surface area (Å²) in [6.45, 7) is 4.15. The van der Waals surface area contributed by atoms with Crippen LogP contribution in [0.25, 0.3) is 0 Å². The summed E-state index contributed by atoms with van der Waals surface area (Å²) < 4.78 is 0.958. The van der Waals surface area contributed by atoms with Crippen LogP contribution < -0.4 is 10.6 Å². The van der Waals surface area contributed by atoms with Gasteiger partial charge in [0.25, 0.3) is 0 Å². The lowest BCUT2D eigenvalue weighted by Gasteiger charge is -2.11. The Labute approximate surface area is 126 Å². The molecule has 104 valence electrons. The summed E-state index contributed by atoms with van der Waals surface area (Å²) in [7, 11) is 0. The smallest absolute Gasteiger partial charge is 0.221 e. The van der Waals surface area contributed by atoms with Gasteiger partial charge in [0.2, 0.25) is 5.91 Å². The first kappa shape index (κ1) is 14.5. The van der Waals surface area contributed by atoms with Crippen LogP contribution in [0.4, 0.5) is 11.4 Å². The number of carbonyl (C=O) groups is 1. The van der Waals surface area contributed by atoms with Gasteiger partial charge in [-0.25, -0.2) is 0 Å². The van der Waals surface area contributed by atoms with Gasteiger partial charge in [-0.05, 0) is 52.2 Å². The van der Waals surface area contributed by atoms with Crippen molar-refractivity contribution < 1.29 is 4.79 Å². The molecule has 2 rings (SSSR count). The average molecular weight is 334 g/mol. The van der Waals surface area contributed by atoms with Crippen molar-refractivity contribution in [2.75, 3.05) is 10.6 Å². The van der Waals surface area contributed by atoms with E-state index < -0.39 is 0 Å². The van der Waals surface area contributed by atoms with Crippen molar-refractivity contribution in [3.8, 4) is 0 Å². The number of hydrogen-bond donors (Lipinski definition) is 2. The number of pyridine rings is 1. The number of anilines is 2. The fourth-order valence-corrected chi connectivity index (χ4v) is 2.23. The Balaban J connectivity index is 2.08. The number of benzene rings is 1. The molecule has 0 saturated heterocycles. The van der Waals surface area contributed by atoms with Crippen LogP contribution in [-0.2, 0) is 11.3 Å². The third-order valence-corrected chi connectivity index (χ3v) is 3.24. The van der Waals surface area contributed by atoms with Crippen LogP contribution in [0.2, 0.25) is 0 Å². The van der Waals surface area contributed by atoms with E-state index in [9.17, 15) is 4.79 Å². The van der Waals surface area contributed by atoms with Crippen molar-refractivity contribution in [2.24, 2.45) is 0 Å². The molecule has 0 fully saturated rings. The second-order valence-electron chi connectivity index (χ2n) is 4.58. The number of carbonyl (C=O) groups excluding carboxylic acids is 1. The lowest BCUT2D eigenvalue weighted by molar-refractivity contribution is -0.114. The molecule has 0 radical (unpaired) electrons. The number of aromatic nitrogens is 1. The minimum Gasteiger partial charge on any atom is -0.381 e. The number of nitrogens with zero attached hydrogens (tertiary/aromatic N) is 1. The number of rotatable bonds is 4. The highest BCUT2D eigenvalue weighted by Gasteiger charge is 2.02. The molecule has 0 bridgehead atoms. The predicted octanol–water partition coefficient (Wildman–Crippen LogP) is 3.72. The van der Waals surface area contributed by atoms with Crippen LogP contribution in [0, 0.1) is 6.92 Å². The number of nitrogens with one attached hydrogen (secondary N) is 2. The molecule has 1 aromatic carbocycles. The molecular formula is C15H16BrN3O. The van der Waals surface area contributed by atoms with Crippen molar-refractivity contribution >= 4 is 33.2 Å². The first-order valence-electron chi connectivity index (χ1n) is 6.26. The van der Waals surface area contributed by atoms with Crippen molar-refractivity contribution in [1.82, 2.24) is 4.98 Å². The average Bonchev–Trinajstić information content (AvgIpc) is 2.39. The third-order valence-electron chi connectivity index (χ3n) is 2.81. The molecule has 5 heteroatoms. The van der Waals surface area contributed by atoms with Gasteiger partial charge in [0, 0.05) is 41.7 Å². The molecule has 2 N–H and O–H groups in total. The van der Waals surface area contributed by atoms with E-state index in [4.69, 9.17) is 0 Å². The Morgan fingerprint density at radius 1 is 1.30 bits per heavy atom. The van der Waals surface area contributed by atoms with Crippen molar-refractivity contribution in [2.45, 2.75) is 20.4 Å². The normalized spacial score (nSPS) is 10.2. The summed E-state index contributed by atoms with van der Waals surface area (Å²) in [6, 6.07) is 7.92. The highest BCUT2D eigenvalue weighted by molar-refractivity contribution is 9.10. The third kappa shape index (κ3) is 4.06. The maximum absolute atomic E-state index is 11.1. The van der Waals surface area contributed by atoms with Gasteiger partial charge in [-0.15, -0.1) is 0 Å². The lowest BCUT2D eigenvalue weighted by Crippen LogP contribution is -2.08. The summed E-state index contributed by atoms with van der Waals surface area (Å²) in [5.41, 5.74) is 3.91. The molecule has 1 heterocycles. The Bertz CT molecular complexity index is 628. The molecular weight excluding hydrogens is 318 g/mol. The van der Waals surface area contributed by atoms with Crippen LogP contribution in [0.5, 0.6) is 0 Å². The van der Waals surface area contributed by atoms with E-state index in [-0.39, 0.29) is 5.91 Å². The van der Waals surface area contributed by atoms with E-state index in [2.05, 4.69) is 31.5 Å². The quantitative estimate of drug-likeness (QED) is 0.896. The molecule has 0 saturated carbocycles. The molecule has 0 unspecified atom stereocenters. The zero-order chi connectivity index (χ0) is 14.5. The van der Waals surface area contributed by atoms with Gasteiger partial charge in [0.05, 0.1) is 0 Å². The number of amides is 1. The highest BCUT2D eigenvalue weighted by atomic mass is 79.9. The standard InChI is InChI=1S/C15H16BrN3O/c1-10-3-4-14(6-15(10)19-11(2)20)18-8-12-5-13(16)9-17-7-12/h3-7,9,18H,8H2,1-2H3,(H,19,20). The SMILES string of the molecule is CC(=O)Nc1cc(NCc2cncc(Br)c2)ccc1C. The summed E-state index contributed by atoms with van der Waals surface area (Å²) in [5.74, 6) is -0.0681. The Morgan fingerprint density at radius 2 is 2.10 bits per heavy atom.